The number of benzene rings is 1. The van der Waals surface area contributed by atoms with E-state index in [0.29, 0.717) is 17.7 Å². The summed E-state index contributed by atoms with van der Waals surface area (Å²) in [5, 5.41) is 9.28. The van der Waals surface area contributed by atoms with E-state index >= 15 is 0 Å². The van der Waals surface area contributed by atoms with Crippen molar-refractivity contribution in [3.63, 3.8) is 0 Å². The van der Waals surface area contributed by atoms with Crippen LogP contribution in [0.5, 0.6) is 0 Å². The van der Waals surface area contributed by atoms with Gasteiger partial charge in [0.05, 0.1) is 23.8 Å². The maximum atomic E-state index is 13.0. The molecule has 9 nitrogen and oxygen atoms in total. The Kier molecular flexibility index (Phi) is 5.35. The summed E-state index contributed by atoms with van der Waals surface area (Å²) in [5.74, 6) is -1.94. The van der Waals surface area contributed by atoms with E-state index in [1.54, 1.807) is 12.1 Å². The monoisotopic (exact) mass is 440 g/mol. The minimum absolute atomic E-state index is 0.105. The predicted octanol–water partition coefficient (Wildman–Crippen LogP) is 0.335. The summed E-state index contributed by atoms with van der Waals surface area (Å²) in [5.41, 5.74) is 1.64. The van der Waals surface area contributed by atoms with Gasteiger partial charge in [-0.15, -0.1) is 0 Å². The third kappa shape index (κ3) is 3.44. The molecule has 4 amide bonds. The van der Waals surface area contributed by atoms with Crippen LogP contribution >= 0.6 is 0 Å². The Hall–Kier alpha value is -2.62. The van der Waals surface area contributed by atoms with Gasteiger partial charge in [0.25, 0.3) is 11.8 Å². The molecule has 4 heterocycles. The predicted molar refractivity (Wildman–Crippen MR) is 114 cm³/mol. The zero-order chi connectivity index (χ0) is 22.5. The molecule has 32 heavy (non-hydrogen) atoms. The summed E-state index contributed by atoms with van der Waals surface area (Å²) in [4.78, 5) is 50.6. The molecule has 3 N–H and O–H groups in total. The van der Waals surface area contributed by atoms with Gasteiger partial charge in [-0.2, -0.15) is 0 Å². The number of imide groups is 2. The average Bonchev–Trinajstić information content (AvgIpc) is 3.21. The van der Waals surface area contributed by atoms with E-state index in [1.165, 1.54) is 0 Å². The second-order valence-electron chi connectivity index (χ2n) is 9.31. The van der Waals surface area contributed by atoms with Gasteiger partial charge in [0.1, 0.15) is 6.04 Å². The van der Waals surface area contributed by atoms with Crippen LogP contribution in [0.2, 0.25) is 0 Å². The lowest BCUT2D eigenvalue weighted by atomic mass is 9.73. The lowest BCUT2D eigenvalue weighted by molar-refractivity contribution is -0.136. The molecule has 5 rings (SSSR count). The van der Waals surface area contributed by atoms with Crippen LogP contribution in [0.15, 0.2) is 18.2 Å². The largest absolute Gasteiger partial charge is 0.376 e. The van der Waals surface area contributed by atoms with E-state index in [2.05, 4.69) is 22.9 Å². The van der Waals surface area contributed by atoms with Gasteiger partial charge in [0, 0.05) is 24.4 Å². The lowest BCUT2D eigenvalue weighted by Gasteiger charge is -2.39. The van der Waals surface area contributed by atoms with E-state index in [-0.39, 0.29) is 36.3 Å². The Balaban J connectivity index is 1.32. The van der Waals surface area contributed by atoms with Crippen molar-refractivity contribution < 1.29 is 23.9 Å². The van der Waals surface area contributed by atoms with Crippen molar-refractivity contribution in [1.82, 2.24) is 20.9 Å². The molecule has 0 aliphatic carbocycles. The number of hydrogen-bond donors (Lipinski definition) is 3. The normalized spacial score (nSPS) is 29.5. The van der Waals surface area contributed by atoms with Gasteiger partial charge < -0.3 is 15.4 Å². The van der Waals surface area contributed by atoms with Crippen molar-refractivity contribution in [1.29, 1.82) is 0 Å². The molecule has 9 heteroatoms. The first-order valence-electron chi connectivity index (χ1n) is 11.3. The van der Waals surface area contributed by atoms with E-state index in [4.69, 9.17) is 4.74 Å². The molecule has 4 aliphatic rings. The molecular formula is C23H28N4O5. The summed E-state index contributed by atoms with van der Waals surface area (Å²) in [7, 11) is 0. The second kappa shape index (κ2) is 8.06. The number of amides is 4. The van der Waals surface area contributed by atoms with E-state index in [0.717, 1.165) is 43.0 Å². The van der Waals surface area contributed by atoms with Crippen LogP contribution in [0.3, 0.4) is 0 Å². The highest BCUT2D eigenvalue weighted by Crippen LogP contribution is 2.40. The fourth-order valence-corrected chi connectivity index (χ4v) is 5.60. The highest BCUT2D eigenvalue weighted by molar-refractivity contribution is 6.23. The number of hydrogen-bond acceptors (Lipinski definition) is 7. The quantitative estimate of drug-likeness (QED) is 0.578. The Morgan fingerprint density at radius 2 is 1.88 bits per heavy atom. The molecule has 1 spiro atoms. The van der Waals surface area contributed by atoms with Crippen molar-refractivity contribution in [3.8, 4) is 0 Å². The molecule has 0 aromatic heterocycles. The van der Waals surface area contributed by atoms with Gasteiger partial charge in [0.2, 0.25) is 11.8 Å². The molecule has 170 valence electrons. The summed E-state index contributed by atoms with van der Waals surface area (Å²) in [6.07, 6.45) is 2.49. The van der Waals surface area contributed by atoms with Crippen LogP contribution < -0.4 is 16.0 Å². The van der Waals surface area contributed by atoms with Crippen LogP contribution in [0.1, 0.15) is 58.9 Å². The maximum Gasteiger partial charge on any atom is 0.262 e. The Bertz CT molecular complexity index is 981. The molecule has 3 unspecified atom stereocenters. The SMILES string of the molecule is CC1OCC2(CCNCC2)C1NCc1ccc2c(c1)C(=O)N(C1CCC(=O)NC1=O)C2=O. The topological polar surface area (TPSA) is 117 Å². The third-order valence-corrected chi connectivity index (χ3v) is 7.39. The smallest absolute Gasteiger partial charge is 0.262 e. The second-order valence-corrected chi connectivity index (χ2v) is 9.31. The Morgan fingerprint density at radius 1 is 1.12 bits per heavy atom. The standard InChI is InChI=1S/C23H28N4O5/c1-13-19(23(12-32-13)6-8-24-9-7-23)25-11-14-2-3-15-16(10-14)22(31)27(21(15)30)17-4-5-18(28)26-20(17)29/h2-3,10,13,17,19,24-25H,4-9,11-12H2,1H3,(H,26,28,29). The first-order chi connectivity index (χ1) is 15.4. The molecule has 0 saturated carbocycles. The zero-order valence-corrected chi connectivity index (χ0v) is 18.1. The number of fused-ring (bicyclic) bond motifs is 1. The van der Waals surface area contributed by atoms with Gasteiger partial charge in [0.15, 0.2) is 0 Å². The molecule has 1 aromatic carbocycles. The minimum Gasteiger partial charge on any atom is -0.376 e. The van der Waals surface area contributed by atoms with Gasteiger partial charge in [-0.3, -0.25) is 29.4 Å². The van der Waals surface area contributed by atoms with Crippen molar-refractivity contribution in [2.75, 3.05) is 19.7 Å². The highest BCUT2D eigenvalue weighted by atomic mass is 16.5. The van der Waals surface area contributed by atoms with Crippen molar-refractivity contribution in [2.45, 2.75) is 57.3 Å². The highest BCUT2D eigenvalue weighted by Gasteiger charge is 2.48. The van der Waals surface area contributed by atoms with Crippen LogP contribution in [0.25, 0.3) is 0 Å². The Morgan fingerprint density at radius 3 is 2.62 bits per heavy atom. The van der Waals surface area contributed by atoms with E-state index in [1.807, 2.05) is 6.07 Å². The van der Waals surface area contributed by atoms with E-state index < -0.39 is 23.8 Å². The van der Waals surface area contributed by atoms with Gasteiger partial charge in [-0.1, -0.05) is 6.07 Å². The number of ether oxygens (including phenoxy) is 1. The minimum atomic E-state index is -0.946. The number of nitrogens with one attached hydrogen (secondary N) is 3. The number of nitrogens with zero attached hydrogens (tertiary/aromatic N) is 1. The first kappa shape index (κ1) is 21.2. The molecule has 0 radical (unpaired) electrons. The van der Waals surface area contributed by atoms with E-state index in [9.17, 15) is 19.2 Å². The van der Waals surface area contributed by atoms with Crippen LogP contribution in [0.4, 0.5) is 0 Å². The molecule has 3 saturated heterocycles. The molecule has 3 atom stereocenters. The number of piperidine rings is 2. The lowest BCUT2D eigenvalue weighted by Crippen LogP contribution is -2.54. The van der Waals surface area contributed by atoms with Gasteiger partial charge in [-0.25, -0.2) is 0 Å². The summed E-state index contributed by atoms with van der Waals surface area (Å²) in [6.45, 7) is 5.38. The summed E-state index contributed by atoms with van der Waals surface area (Å²) >= 11 is 0. The van der Waals surface area contributed by atoms with Crippen molar-refractivity contribution >= 4 is 23.6 Å². The zero-order valence-electron chi connectivity index (χ0n) is 18.1. The van der Waals surface area contributed by atoms with Crippen molar-refractivity contribution in [2.24, 2.45) is 5.41 Å². The van der Waals surface area contributed by atoms with Gasteiger partial charge >= 0.3 is 0 Å². The molecule has 4 aliphatic heterocycles. The van der Waals surface area contributed by atoms with Crippen LogP contribution in [0, 0.1) is 5.41 Å². The molecular weight excluding hydrogens is 412 g/mol. The maximum absolute atomic E-state index is 13.0. The number of rotatable bonds is 4. The number of carbonyl (C=O) groups excluding carboxylic acids is 4. The molecule has 0 bridgehead atoms. The average molecular weight is 441 g/mol. The molecule has 3 fully saturated rings. The fourth-order valence-electron chi connectivity index (χ4n) is 5.60. The third-order valence-electron chi connectivity index (χ3n) is 7.39. The first-order valence-corrected chi connectivity index (χ1v) is 11.3. The van der Waals surface area contributed by atoms with Gasteiger partial charge in [-0.05, 0) is 57.0 Å². The van der Waals surface area contributed by atoms with Crippen LogP contribution in [-0.2, 0) is 20.9 Å². The summed E-state index contributed by atoms with van der Waals surface area (Å²) < 4.78 is 5.99. The number of carbonyl (C=O) groups is 4. The fraction of sp³-hybridized carbons (Fsp3) is 0.565. The van der Waals surface area contributed by atoms with Crippen molar-refractivity contribution in [3.05, 3.63) is 34.9 Å². The molecule has 1 aromatic rings. The summed E-state index contributed by atoms with van der Waals surface area (Å²) in [6, 6.07) is 4.52. The van der Waals surface area contributed by atoms with Crippen LogP contribution in [-0.4, -0.2) is 66.4 Å². The Labute approximate surface area is 186 Å².